The number of aromatic nitrogens is 3. The molecule has 0 bridgehead atoms. The van der Waals surface area contributed by atoms with Gasteiger partial charge in [0.15, 0.2) is 16.9 Å². The minimum atomic E-state index is -2.64. The van der Waals surface area contributed by atoms with Crippen LogP contribution in [0.5, 0.6) is 11.5 Å². The lowest BCUT2D eigenvalue weighted by Crippen LogP contribution is -2.25. The molecule has 188 valence electrons. The average Bonchev–Trinajstić information content (AvgIpc) is 3.31. The van der Waals surface area contributed by atoms with Gasteiger partial charge in [-0.2, -0.15) is 5.10 Å². The molecular formula is C25H26N4O6S. The zero-order valence-corrected chi connectivity index (χ0v) is 20.9. The molecule has 0 N–H and O–H groups in total. The van der Waals surface area contributed by atoms with Crippen molar-refractivity contribution in [1.82, 2.24) is 14.3 Å². The van der Waals surface area contributed by atoms with Crippen molar-refractivity contribution in [3.8, 4) is 22.8 Å². The molecule has 36 heavy (non-hydrogen) atoms. The number of hydrogen-bond donors (Lipinski definition) is 1. The highest BCUT2D eigenvalue weighted by Gasteiger charge is 2.21. The summed E-state index contributed by atoms with van der Waals surface area (Å²) < 4.78 is 37.0. The molecule has 2 aromatic heterocycles. The van der Waals surface area contributed by atoms with E-state index in [1.165, 1.54) is 11.7 Å². The number of anilines is 1. The second-order valence-electron chi connectivity index (χ2n) is 8.02. The summed E-state index contributed by atoms with van der Waals surface area (Å²) >= 11 is 0. The van der Waals surface area contributed by atoms with Crippen LogP contribution in [0.25, 0.3) is 22.2 Å². The van der Waals surface area contributed by atoms with Gasteiger partial charge in [0.05, 0.1) is 0 Å². The Morgan fingerprint density at radius 1 is 1.14 bits per heavy atom. The van der Waals surface area contributed by atoms with Crippen molar-refractivity contribution in [2.24, 2.45) is 7.05 Å². The van der Waals surface area contributed by atoms with Crippen LogP contribution in [0.15, 0.2) is 65.6 Å². The van der Waals surface area contributed by atoms with Crippen molar-refractivity contribution in [2.45, 2.75) is 20.1 Å². The maximum absolute atomic E-state index is 13.1. The molecule has 0 amide bonds. The lowest BCUT2D eigenvalue weighted by molar-refractivity contribution is -0.136. The third kappa shape index (κ3) is 4.96. The van der Waals surface area contributed by atoms with Gasteiger partial charge in [0.1, 0.15) is 28.6 Å². The maximum Gasteiger partial charge on any atom is 0.295 e. The number of fused-ring (bicyclic) bond motifs is 1. The molecule has 11 heteroatoms. The molecule has 0 radical (unpaired) electrons. The lowest BCUT2D eigenvalue weighted by Gasteiger charge is -2.22. The maximum atomic E-state index is 13.1. The van der Waals surface area contributed by atoms with Crippen molar-refractivity contribution in [1.29, 1.82) is 0 Å². The second kappa shape index (κ2) is 10.6. The summed E-state index contributed by atoms with van der Waals surface area (Å²) in [7, 11) is -1.10. The Morgan fingerprint density at radius 3 is 2.56 bits per heavy atom. The average molecular weight is 511 g/mol. The first-order valence-electron chi connectivity index (χ1n) is 11.2. The van der Waals surface area contributed by atoms with E-state index in [1.54, 1.807) is 46.9 Å². The van der Waals surface area contributed by atoms with E-state index in [0.29, 0.717) is 52.4 Å². The Balaban J connectivity index is 1.97. The number of aryl methyl sites for hydroxylation is 1. The number of hydrogen-bond acceptors (Lipinski definition) is 8. The SMILES string of the molecule is CCN(C[SH](=O)=O)c1ccc(Oc2ccccc2)c(-c2nn(C)c(=O)c3c2ccn3C(C)OC=O)c1. The van der Waals surface area contributed by atoms with Crippen molar-refractivity contribution < 1.29 is 22.7 Å². The molecule has 0 aliphatic carbocycles. The van der Waals surface area contributed by atoms with Crippen LogP contribution in [0, 0.1) is 0 Å². The molecule has 1 atom stereocenters. The highest BCUT2D eigenvalue weighted by molar-refractivity contribution is 7.72. The number of rotatable bonds is 10. The lowest BCUT2D eigenvalue weighted by atomic mass is 10.1. The van der Waals surface area contributed by atoms with Crippen molar-refractivity contribution in [2.75, 3.05) is 17.3 Å². The third-order valence-corrected chi connectivity index (χ3v) is 6.36. The fourth-order valence-electron chi connectivity index (χ4n) is 4.02. The molecule has 2 aromatic carbocycles. The quantitative estimate of drug-likeness (QED) is 0.256. The van der Waals surface area contributed by atoms with Crippen LogP contribution in [0.3, 0.4) is 0 Å². The molecule has 0 spiro atoms. The Kier molecular flexibility index (Phi) is 7.39. The topological polar surface area (TPSA) is 113 Å². The van der Waals surface area contributed by atoms with Crippen LogP contribution in [0.2, 0.25) is 0 Å². The number of carbonyl (C=O) groups is 1. The summed E-state index contributed by atoms with van der Waals surface area (Å²) in [6, 6.07) is 16.3. The van der Waals surface area contributed by atoms with Gasteiger partial charge in [0, 0.05) is 36.4 Å². The van der Waals surface area contributed by atoms with E-state index in [2.05, 4.69) is 5.10 Å². The molecule has 4 aromatic rings. The number of ether oxygens (including phenoxy) is 2. The molecule has 0 fully saturated rings. The molecule has 0 saturated heterocycles. The number of para-hydroxylation sites is 1. The Morgan fingerprint density at radius 2 is 1.89 bits per heavy atom. The van der Waals surface area contributed by atoms with Gasteiger partial charge in [-0.15, -0.1) is 0 Å². The molecular weight excluding hydrogens is 484 g/mol. The molecule has 10 nitrogen and oxygen atoms in total. The number of benzene rings is 2. The van der Waals surface area contributed by atoms with Gasteiger partial charge in [-0.3, -0.25) is 9.59 Å². The summed E-state index contributed by atoms with van der Waals surface area (Å²) in [4.78, 5) is 25.7. The van der Waals surface area contributed by atoms with E-state index < -0.39 is 16.9 Å². The van der Waals surface area contributed by atoms with Crippen LogP contribution in [0.4, 0.5) is 5.69 Å². The predicted octanol–water partition coefficient (Wildman–Crippen LogP) is 3.28. The minimum Gasteiger partial charge on any atom is -0.457 e. The molecule has 4 rings (SSSR count). The summed E-state index contributed by atoms with van der Waals surface area (Å²) in [5.74, 6) is 0.940. The normalized spacial score (nSPS) is 12.0. The summed E-state index contributed by atoms with van der Waals surface area (Å²) in [5.41, 5.74) is 1.63. The standard InChI is InChI=1S/C25H26N4O6S/c1-4-28(15-36(32)33)18-10-11-22(35-19-8-6-5-7-9-19)21(14-18)23-20-12-13-29(17(2)34-16-30)24(20)25(31)27(3)26-23/h5-14,16-17,36H,4,15H2,1-3H3. The van der Waals surface area contributed by atoms with E-state index in [1.807, 2.05) is 37.3 Å². The second-order valence-corrected chi connectivity index (χ2v) is 8.97. The van der Waals surface area contributed by atoms with Crippen molar-refractivity contribution >= 4 is 33.8 Å². The summed E-state index contributed by atoms with van der Waals surface area (Å²) in [6.07, 6.45) is 0.950. The fourth-order valence-corrected chi connectivity index (χ4v) is 4.66. The highest BCUT2D eigenvalue weighted by Crippen LogP contribution is 2.38. The van der Waals surface area contributed by atoms with Crippen LogP contribution >= 0.6 is 0 Å². The number of carbonyl (C=O) groups excluding carboxylic acids is 1. The van der Waals surface area contributed by atoms with E-state index >= 15 is 0 Å². The van der Waals surface area contributed by atoms with Crippen LogP contribution in [-0.2, 0) is 27.3 Å². The molecule has 0 aliphatic rings. The highest BCUT2D eigenvalue weighted by atomic mass is 32.2. The van der Waals surface area contributed by atoms with E-state index in [9.17, 15) is 18.0 Å². The third-order valence-electron chi connectivity index (χ3n) is 5.78. The number of thiol groups is 1. The zero-order valence-electron chi connectivity index (χ0n) is 20.0. The Hall–Kier alpha value is -4.12. The largest absolute Gasteiger partial charge is 0.457 e. The first-order chi connectivity index (χ1) is 17.3. The number of nitrogens with zero attached hydrogens (tertiary/aromatic N) is 4. The molecule has 0 saturated carbocycles. The van der Waals surface area contributed by atoms with Gasteiger partial charge in [0.25, 0.3) is 12.0 Å². The smallest absolute Gasteiger partial charge is 0.295 e. The van der Waals surface area contributed by atoms with Crippen LogP contribution < -0.4 is 15.2 Å². The monoisotopic (exact) mass is 510 g/mol. The Labute approximate surface area is 209 Å². The molecule has 0 aliphatic heterocycles. The van der Waals surface area contributed by atoms with Gasteiger partial charge in [0.2, 0.25) is 0 Å². The van der Waals surface area contributed by atoms with Crippen molar-refractivity contribution in [3.05, 3.63) is 71.1 Å². The Bertz CT molecular complexity index is 1520. The van der Waals surface area contributed by atoms with Gasteiger partial charge in [-0.1, -0.05) is 18.2 Å². The summed E-state index contributed by atoms with van der Waals surface area (Å²) in [6.45, 7) is 4.32. The first-order valence-corrected chi connectivity index (χ1v) is 12.6. The van der Waals surface area contributed by atoms with Gasteiger partial charge in [-0.05, 0) is 50.2 Å². The van der Waals surface area contributed by atoms with E-state index in [0.717, 1.165) is 0 Å². The molecule has 2 heterocycles. The summed E-state index contributed by atoms with van der Waals surface area (Å²) in [5, 5.41) is 5.08. The van der Waals surface area contributed by atoms with E-state index in [-0.39, 0.29) is 11.4 Å². The van der Waals surface area contributed by atoms with Gasteiger partial charge in [-0.25, -0.2) is 13.1 Å². The van der Waals surface area contributed by atoms with Crippen molar-refractivity contribution in [3.63, 3.8) is 0 Å². The van der Waals surface area contributed by atoms with Gasteiger partial charge < -0.3 is 18.9 Å². The minimum absolute atomic E-state index is 0.142. The molecule has 1 unspecified atom stereocenters. The van der Waals surface area contributed by atoms with Gasteiger partial charge >= 0.3 is 0 Å². The van der Waals surface area contributed by atoms with E-state index in [4.69, 9.17) is 9.47 Å². The fraction of sp³-hybridized carbons (Fsp3) is 0.240. The van der Waals surface area contributed by atoms with Crippen LogP contribution in [0.1, 0.15) is 20.1 Å². The predicted molar refractivity (Wildman–Crippen MR) is 137 cm³/mol. The van der Waals surface area contributed by atoms with Crippen LogP contribution in [-0.4, -0.2) is 41.7 Å². The zero-order chi connectivity index (χ0) is 25.8. The first kappa shape index (κ1) is 25.0.